The van der Waals surface area contributed by atoms with Gasteiger partial charge in [0.15, 0.2) is 0 Å². The Morgan fingerprint density at radius 2 is 1.28 bits per heavy atom. The van der Waals surface area contributed by atoms with E-state index in [1.54, 1.807) is 12.1 Å². The minimum absolute atomic E-state index is 0.0625. The highest BCUT2D eigenvalue weighted by Gasteiger charge is 2.13. The van der Waals surface area contributed by atoms with E-state index in [4.69, 9.17) is 0 Å². The van der Waals surface area contributed by atoms with Gasteiger partial charge < -0.3 is 0 Å². The average molecular weight is 369 g/mol. The van der Waals surface area contributed by atoms with Crippen molar-refractivity contribution in [3.05, 3.63) is 29.8 Å². The van der Waals surface area contributed by atoms with Crippen LogP contribution in [-0.4, -0.2) is 13.0 Å². The topological polar surface area (TPSA) is 54.4 Å². The molecule has 0 saturated heterocycles. The van der Waals surface area contributed by atoms with Gasteiger partial charge in [0, 0.05) is 0 Å². The second-order valence-electron chi connectivity index (χ2n) is 7.55. The van der Waals surface area contributed by atoms with Gasteiger partial charge in [-0.15, -0.1) is 0 Å². The number of hydrogen-bond acceptors (Lipinski definition) is 2. The Morgan fingerprint density at radius 1 is 0.800 bits per heavy atom. The predicted octanol–water partition coefficient (Wildman–Crippen LogP) is 6.42. The van der Waals surface area contributed by atoms with Crippen molar-refractivity contribution in [3.8, 4) is 0 Å². The van der Waals surface area contributed by atoms with Crippen molar-refractivity contribution in [1.29, 1.82) is 0 Å². The molecule has 0 atom stereocenters. The fraction of sp³-hybridized carbons (Fsp3) is 0.714. The summed E-state index contributed by atoms with van der Waals surface area (Å²) in [6, 6.07) is 6.74. The number of aryl methyl sites for hydroxylation is 1. The normalized spacial score (nSPS) is 12.0. The second kappa shape index (κ2) is 12.5. The first-order valence-corrected chi connectivity index (χ1v) is 11.4. The lowest BCUT2D eigenvalue weighted by atomic mass is 10.0. The Hall–Kier alpha value is -0.870. The van der Waals surface area contributed by atoms with Crippen molar-refractivity contribution in [2.24, 2.45) is 5.92 Å². The third-order valence-corrected chi connectivity index (χ3v) is 5.68. The van der Waals surface area contributed by atoms with Crippen LogP contribution in [0.25, 0.3) is 0 Å². The van der Waals surface area contributed by atoms with Crippen LogP contribution in [0.3, 0.4) is 0 Å². The van der Waals surface area contributed by atoms with E-state index in [-0.39, 0.29) is 4.90 Å². The number of unbranched alkanes of at least 4 members (excludes halogenated alkanes) is 9. The van der Waals surface area contributed by atoms with Gasteiger partial charge in [-0.2, -0.15) is 8.42 Å². The van der Waals surface area contributed by atoms with Crippen molar-refractivity contribution >= 4 is 10.1 Å². The molecule has 1 rings (SSSR count). The molecule has 0 spiro atoms. The summed E-state index contributed by atoms with van der Waals surface area (Å²) in [5, 5.41) is 0. The van der Waals surface area contributed by atoms with Crippen molar-refractivity contribution in [2.75, 3.05) is 0 Å². The maximum Gasteiger partial charge on any atom is 0.294 e. The molecule has 4 heteroatoms. The van der Waals surface area contributed by atoms with Crippen LogP contribution in [0.1, 0.15) is 90.0 Å². The van der Waals surface area contributed by atoms with Crippen molar-refractivity contribution in [1.82, 2.24) is 0 Å². The molecule has 3 nitrogen and oxygen atoms in total. The SMILES string of the molecule is CC(C)CCCCCCCCCCCCc1ccccc1S(=O)(=O)O. The standard InChI is InChI=1S/C21H36O3S/c1-19(2)15-11-9-7-5-3-4-6-8-10-12-16-20-17-13-14-18-21(20)25(22,23)24/h13-14,17-19H,3-12,15-16H2,1-2H3,(H,22,23,24). The van der Waals surface area contributed by atoms with Crippen LogP contribution in [0, 0.1) is 5.92 Å². The molecular formula is C21H36O3S. The summed E-state index contributed by atoms with van der Waals surface area (Å²) in [5.41, 5.74) is 0.728. The van der Waals surface area contributed by atoms with Gasteiger partial charge in [-0.25, -0.2) is 0 Å². The van der Waals surface area contributed by atoms with Gasteiger partial charge in [0.1, 0.15) is 0 Å². The lowest BCUT2D eigenvalue weighted by Crippen LogP contribution is -2.03. The Balaban J connectivity index is 2.03. The molecule has 0 heterocycles. The smallest absolute Gasteiger partial charge is 0.282 e. The molecular weight excluding hydrogens is 332 g/mol. The molecule has 0 aliphatic carbocycles. The quantitative estimate of drug-likeness (QED) is 0.304. The minimum atomic E-state index is -4.10. The first-order chi connectivity index (χ1) is 11.9. The van der Waals surface area contributed by atoms with Crippen LogP contribution in [0.4, 0.5) is 0 Å². The van der Waals surface area contributed by atoms with Gasteiger partial charge in [0.25, 0.3) is 10.1 Å². The third kappa shape index (κ3) is 10.7. The minimum Gasteiger partial charge on any atom is -0.282 e. The molecule has 0 saturated carbocycles. The van der Waals surface area contributed by atoms with Crippen LogP contribution < -0.4 is 0 Å². The summed E-state index contributed by atoms with van der Waals surface area (Å²) in [5.74, 6) is 0.837. The molecule has 0 radical (unpaired) electrons. The monoisotopic (exact) mass is 368 g/mol. The largest absolute Gasteiger partial charge is 0.294 e. The number of rotatable bonds is 14. The summed E-state index contributed by atoms with van der Waals surface area (Å²) >= 11 is 0. The van der Waals surface area contributed by atoms with E-state index in [9.17, 15) is 13.0 Å². The Labute approximate surface area is 155 Å². The van der Waals surface area contributed by atoms with Crippen LogP contribution in [0.5, 0.6) is 0 Å². The maximum absolute atomic E-state index is 11.3. The molecule has 0 fully saturated rings. The zero-order valence-electron chi connectivity index (χ0n) is 16.0. The second-order valence-corrected chi connectivity index (χ2v) is 8.94. The van der Waals surface area contributed by atoms with E-state index < -0.39 is 10.1 Å². The Morgan fingerprint density at radius 3 is 1.80 bits per heavy atom. The van der Waals surface area contributed by atoms with Crippen molar-refractivity contribution < 1.29 is 13.0 Å². The average Bonchev–Trinajstić information content (AvgIpc) is 2.55. The molecule has 0 bridgehead atoms. The molecule has 0 amide bonds. The Kier molecular flexibility index (Phi) is 11.1. The summed E-state index contributed by atoms with van der Waals surface area (Å²) < 4.78 is 31.9. The summed E-state index contributed by atoms with van der Waals surface area (Å²) in [4.78, 5) is 0.0625. The van der Waals surface area contributed by atoms with Crippen LogP contribution in [0.2, 0.25) is 0 Å². The highest BCUT2D eigenvalue weighted by atomic mass is 32.2. The first kappa shape index (κ1) is 22.2. The van der Waals surface area contributed by atoms with Crippen LogP contribution in [-0.2, 0) is 16.5 Å². The molecule has 1 N–H and O–H groups in total. The predicted molar refractivity (Wildman–Crippen MR) is 106 cm³/mol. The summed E-state index contributed by atoms with van der Waals surface area (Å²) in [7, 11) is -4.10. The molecule has 0 aromatic heterocycles. The zero-order chi connectivity index (χ0) is 18.5. The van der Waals surface area contributed by atoms with Gasteiger partial charge in [-0.1, -0.05) is 96.3 Å². The van der Waals surface area contributed by atoms with E-state index >= 15 is 0 Å². The number of hydrogen-bond donors (Lipinski definition) is 1. The van der Waals surface area contributed by atoms with E-state index in [0.29, 0.717) is 6.42 Å². The van der Waals surface area contributed by atoms with E-state index in [1.165, 1.54) is 63.9 Å². The molecule has 1 aromatic carbocycles. The molecule has 25 heavy (non-hydrogen) atoms. The van der Waals surface area contributed by atoms with Gasteiger partial charge in [-0.3, -0.25) is 4.55 Å². The van der Waals surface area contributed by atoms with Gasteiger partial charge in [0.05, 0.1) is 4.90 Å². The number of benzene rings is 1. The first-order valence-electron chi connectivity index (χ1n) is 9.96. The maximum atomic E-state index is 11.3. The van der Waals surface area contributed by atoms with Crippen LogP contribution in [0.15, 0.2) is 29.2 Å². The zero-order valence-corrected chi connectivity index (χ0v) is 16.9. The summed E-state index contributed by atoms with van der Waals surface area (Å²) in [6.07, 6.45) is 14.8. The fourth-order valence-corrected chi connectivity index (χ4v) is 4.00. The Bertz CT molecular complexity index is 564. The lowest BCUT2D eigenvalue weighted by molar-refractivity contribution is 0.481. The van der Waals surface area contributed by atoms with E-state index in [2.05, 4.69) is 13.8 Å². The molecule has 0 unspecified atom stereocenters. The van der Waals surface area contributed by atoms with E-state index in [0.717, 1.165) is 24.3 Å². The molecule has 0 aliphatic rings. The van der Waals surface area contributed by atoms with Gasteiger partial charge >= 0.3 is 0 Å². The van der Waals surface area contributed by atoms with Crippen molar-refractivity contribution in [3.63, 3.8) is 0 Å². The van der Waals surface area contributed by atoms with Gasteiger partial charge in [0.2, 0.25) is 0 Å². The summed E-state index contributed by atoms with van der Waals surface area (Å²) in [6.45, 7) is 4.59. The highest BCUT2D eigenvalue weighted by Crippen LogP contribution is 2.18. The third-order valence-electron chi connectivity index (χ3n) is 4.73. The fourth-order valence-electron chi connectivity index (χ4n) is 3.24. The molecule has 144 valence electrons. The van der Waals surface area contributed by atoms with Crippen LogP contribution >= 0.6 is 0 Å². The van der Waals surface area contributed by atoms with Gasteiger partial charge in [-0.05, 0) is 30.4 Å². The van der Waals surface area contributed by atoms with E-state index in [1.807, 2.05) is 6.07 Å². The van der Waals surface area contributed by atoms with Crippen molar-refractivity contribution in [2.45, 2.75) is 95.8 Å². The lowest BCUT2D eigenvalue weighted by Gasteiger charge is -2.07. The molecule has 1 aromatic rings. The molecule has 0 aliphatic heterocycles. The highest BCUT2D eigenvalue weighted by molar-refractivity contribution is 7.85.